The summed E-state index contributed by atoms with van der Waals surface area (Å²) in [5.41, 5.74) is 1.01. The number of hydrogen-bond acceptors (Lipinski definition) is 3. The van der Waals surface area contributed by atoms with Gasteiger partial charge in [0.1, 0.15) is 5.75 Å². The topological polar surface area (TPSA) is 35.5 Å². The molecule has 1 aliphatic heterocycles. The molecule has 1 fully saturated rings. The van der Waals surface area contributed by atoms with Gasteiger partial charge in [0.05, 0.1) is 0 Å². The highest BCUT2D eigenvalue weighted by Crippen LogP contribution is 2.35. The Balaban J connectivity index is 1.94. The molecule has 0 spiro atoms. The van der Waals surface area contributed by atoms with Gasteiger partial charge in [0, 0.05) is 29.6 Å². The van der Waals surface area contributed by atoms with Crippen molar-refractivity contribution in [1.82, 2.24) is 10.2 Å². The summed E-state index contributed by atoms with van der Waals surface area (Å²) in [4.78, 5) is 2.36. The van der Waals surface area contributed by atoms with Crippen LogP contribution >= 0.6 is 0 Å². The van der Waals surface area contributed by atoms with Crippen LogP contribution in [0.1, 0.15) is 24.9 Å². The first-order chi connectivity index (χ1) is 9.68. The van der Waals surface area contributed by atoms with E-state index in [1.54, 1.807) is 0 Å². The Morgan fingerprint density at radius 3 is 2.80 bits per heavy atom. The highest BCUT2D eigenvalue weighted by atomic mass is 16.3. The molecule has 0 bridgehead atoms. The standard InChI is InChI=1S/C17H22N2O/c1-12(19(2)14-9-10-18-11-14)15-8-7-13-5-3-4-6-16(13)17(15)20/h3-8,12,14,18,20H,9-11H2,1-2H3. The number of phenols is 1. The Hall–Kier alpha value is -1.58. The number of hydrogen-bond donors (Lipinski definition) is 2. The third-order valence-corrected chi connectivity index (χ3v) is 4.60. The molecule has 0 saturated carbocycles. The van der Waals surface area contributed by atoms with Crippen molar-refractivity contribution in [1.29, 1.82) is 0 Å². The maximum Gasteiger partial charge on any atom is 0.128 e. The van der Waals surface area contributed by atoms with Crippen molar-refractivity contribution < 1.29 is 5.11 Å². The molecule has 1 heterocycles. The molecule has 106 valence electrons. The van der Waals surface area contributed by atoms with Crippen LogP contribution < -0.4 is 5.32 Å². The average molecular weight is 270 g/mol. The maximum atomic E-state index is 10.6. The van der Waals surface area contributed by atoms with E-state index in [0.717, 1.165) is 29.4 Å². The van der Waals surface area contributed by atoms with Crippen molar-refractivity contribution in [2.45, 2.75) is 25.4 Å². The first kappa shape index (κ1) is 13.4. The van der Waals surface area contributed by atoms with Crippen molar-refractivity contribution in [2.24, 2.45) is 0 Å². The van der Waals surface area contributed by atoms with Crippen LogP contribution in [0, 0.1) is 0 Å². The summed E-state index contributed by atoms with van der Waals surface area (Å²) in [5, 5.41) is 16.0. The molecule has 1 saturated heterocycles. The highest BCUT2D eigenvalue weighted by molar-refractivity contribution is 5.89. The van der Waals surface area contributed by atoms with Crippen molar-refractivity contribution >= 4 is 10.8 Å². The fourth-order valence-electron chi connectivity index (χ4n) is 3.13. The minimum Gasteiger partial charge on any atom is -0.507 e. The summed E-state index contributed by atoms with van der Waals surface area (Å²) < 4.78 is 0. The van der Waals surface area contributed by atoms with Crippen molar-refractivity contribution in [2.75, 3.05) is 20.1 Å². The number of fused-ring (bicyclic) bond motifs is 1. The largest absolute Gasteiger partial charge is 0.507 e. The van der Waals surface area contributed by atoms with Crippen molar-refractivity contribution in [3.63, 3.8) is 0 Å². The molecule has 2 N–H and O–H groups in total. The number of benzene rings is 2. The minimum absolute atomic E-state index is 0.213. The Morgan fingerprint density at radius 1 is 1.25 bits per heavy atom. The van der Waals surface area contributed by atoms with Gasteiger partial charge in [-0.15, -0.1) is 0 Å². The van der Waals surface area contributed by atoms with Gasteiger partial charge in [0.15, 0.2) is 0 Å². The van der Waals surface area contributed by atoms with Crippen molar-refractivity contribution in [3.8, 4) is 5.75 Å². The lowest BCUT2D eigenvalue weighted by Gasteiger charge is -2.31. The third-order valence-electron chi connectivity index (χ3n) is 4.60. The van der Waals surface area contributed by atoms with Gasteiger partial charge in [0.25, 0.3) is 0 Å². The predicted octanol–water partition coefficient (Wildman–Crippen LogP) is 2.90. The number of rotatable bonds is 3. The van der Waals surface area contributed by atoms with Gasteiger partial charge < -0.3 is 10.4 Å². The molecule has 0 radical (unpaired) electrons. The molecule has 3 nitrogen and oxygen atoms in total. The maximum absolute atomic E-state index is 10.6. The quantitative estimate of drug-likeness (QED) is 0.900. The van der Waals surface area contributed by atoms with Gasteiger partial charge in [0.2, 0.25) is 0 Å². The number of nitrogens with one attached hydrogen (secondary N) is 1. The van der Waals surface area contributed by atoms with Gasteiger partial charge in [-0.05, 0) is 32.3 Å². The van der Waals surface area contributed by atoms with E-state index >= 15 is 0 Å². The third kappa shape index (κ3) is 2.28. The van der Waals surface area contributed by atoms with Crippen LogP contribution in [-0.2, 0) is 0 Å². The molecular weight excluding hydrogens is 248 g/mol. The van der Waals surface area contributed by atoms with E-state index in [1.807, 2.05) is 24.3 Å². The lowest BCUT2D eigenvalue weighted by Crippen LogP contribution is -2.35. The van der Waals surface area contributed by atoms with E-state index in [2.05, 4.69) is 36.3 Å². The molecule has 2 unspecified atom stereocenters. The van der Waals surface area contributed by atoms with Crippen LogP contribution in [0.3, 0.4) is 0 Å². The molecule has 2 aromatic rings. The monoisotopic (exact) mass is 270 g/mol. The van der Waals surface area contributed by atoms with Crippen LogP contribution in [0.5, 0.6) is 5.75 Å². The molecule has 3 rings (SSSR count). The van der Waals surface area contributed by atoms with E-state index in [0.29, 0.717) is 11.8 Å². The summed E-state index contributed by atoms with van der Waals surface area (Å²) in [5.74, 6) is 0.424. The molecular formula is C17H22N2O. The molecule has 0 aliphatic carbocycles. The van der Waals surface area contributed by atoms with Gasteiger partial charge in [-0.3, -0.25) is 4.90 Å². The van der Waals surface area contributed by atoms with Crippen LogP contribution in [0.2, 0.25) is 0 Å². The first-order valence-corrected chi connectivity index (χ1v) is 7.31. The minimum atomic E-state index is 0.213. The molecule has 3 heteroatoms. The average Bonchev–Trinajstić information content (AvgIpc) is 3.01. The van der Waals surface area contributed by atoms with Crippen LogP contribution in [-0.4, -0.2) is 36.2 Å². The molecule has 0 amide bonds. The second kappa shape index (κ2) is 5.43. The summed E-state index contributed by atoms with van der Waals surface area (Å²) in [6.45, 7) is 4.29. The number of aromatic hydroxyl groups is 1. The Kier molecular flexibility index (Phi) is 3.64. The Morgan fingerprint density at radius 2 is 2.05 bits per heavy atom. The second-order valence-electron chi connectivity index (χ2n) is 5.71. The second-order valence-corrected chi connectivity index (χ2v) is 5.71. The fraction of sp³-hybridized carbons (Fsp3) is 0.412. The molecule has 2 aromatic carbocycles. The zero-order chi connectivity index (χ0) is 14.1. The smallest absolute Gasteiger partial charge is 0.128 e. The predicted molar refractivity (Wildman–Crippen MR) is 83.1 cm³/mol. The summed E-state index contributed by atoms with van der Waals surface area (Å²) in [6, 6.07) is 12.9. The van der Waals surface area contributed by atoms with Crippen molar-refractivity contribution in [3.05, 3.63) is 42.0 Å². The zero-order valence-electron chi connectivity index (χ0n) is 12.1. The van der Waals surface area contributed by atoms with Gasteiger partial charge in [-0.2, -0.15) is 0 Å². The van der Waals surface area contributed by atoms with E-state index in [9.17, 15) is 5.11 Å². The number of phenolic OH excluding ortho intramolecular Hbond substituents is 1. The number of likely N-dealkylation sites (N-methyl/N-ethyl adjacent to an activating group) is 1. The fourth-order valence-corrected chi connectivity index (χ4v) is 3.13. The van der Waals surface area contributed by atoms with E-state index in [-0.39, 0.29) is 6.04 Å². The molecule has 2 atom stereocenters. The summed E-state index contributed by atoms with van der Waals surface area (Å²) in [7, 11) is 2.15. The van der Waals surface area contributed by atoms with E-state index < -0.39 is 0 Å². The van der Waals surface area contributed by atoms with E-state index in [1.165, 1.54) is 6.42 Å². The normalized spacial score (nSPS) is 20.6. The highest BCUT2D eigenvalue weighted by Gasteiger charge is 2.25. The van der Waals surface area contributed by atoms with Crippen LogP contribution in [0.15, 0.2) is 36.4 Å². The Bertz CT molecular complexity index is 605. The van der Waals surface area contributed by atoms with Gasteiger partial charge in [-0.1, -0.05) is 36.4 Å². The summed E-state index contributed by atoms with van der Waals surface area (Å²) >= 11 is 0. The first-order valence-electron chi connectivity index (χ1n) is 7.31. The number of nitrogens with zero attached hydrogens (tertiary/aromatic N) is 1. The lowest BCUT2D eigenvalue weighted by molar-refractivity contribution is 0.194. The molecule has 0 aromatic heterocycles. The van der Waals surface area contributed by atoms with Crippen LogP contribution in [0.25, 0.3) is 10.8 Å². The van der Waals surface area contributed by atoms with Gasteiger partial charge in [-0.25, -0.2) is 0 Å². The van der Waals surface area contributed by atoms with Crippen LogP contribution in [0.4, 0.5) is 0 Å². The zero-order valence-corrected chi connectivity index (χ0v) is 12.1. The Labute approximate surface area is 120 Å². The molecule has 20 heavy (non-hydrogen) atoms. The van der Waals surface area contributed by atoms with Gasteiger partial charge >= 0.3 is 0 Å². The molecule has 1 aliphatic rings. The SMILES string of the molecule is CC(c1ccc2ccccc2c1O)N(C)C1CCNC1. The summed E-state index contributed by atoms with van der Waals surface area (Å²) in [6.07, 6.45) is 1.18. The lowest BCUT2D eigenvalue weighted by atomic mass is 9.99. The van der Waals surface area contributed by atoms with E-state index in [4.69, 9.17) is 0 Å².